The van der Waals surface area contributed by atoms with Crippen LogP contribution in [0.5, 0.6) is 0 Å². The summed E-state index contributed by atoms with van der Waals surface area (Å²) < 4.78 is 31.2. The van der Waals surface area contributed by atoms with E-state index in [2.05, 4.69) is 25.8 Å². The number of rotatable bonds is 5. The van der Waals surface area contributed by atoms with Crippen molar-refractivity contribution in [2.45, 2.75) is 4.90 Å². The molecule has 1 N–H and O–H groups in total. The van der Waals surface area contributed by atoms with E-state index in [4.69, 9.17) is 0 Å². The molecule has 0 aliphatic carbocycles. The molecule has 0 atom stereocenters. The van der Waals surface area contributed by atoms with Crippen LogP contribution in [0, 0.1) is 0 Å². The summed E-state index contributed by atoms with van der Waals surface area (Å²) >= 11 is 4.81. The average Bonchev–Trinajstić information content (AvgIpc) is 3.32. The standard InChI is InChI=1S/C19H14BrN3O2S2/c20-14-6-4-7-15(12-14)22-27(24,25)18-13-23(16-8-2-1-3-9-16)21-19(18)17-10-5-11-26-17/h1-13,22H. The zero-order valence-corrected chi connectivity index (χ0v) is 17.1. The van der Waals surface area contributed by atoms with E-state index in [-0.39, 0.29) is 4.90 Å². The summed E-state index contributed by atoms with van der Waals surface area (Å²) in [5.74, 6) is 0. The van der Waals surface area contributed by atoms with Gasteiger partial charge < -0.3 is 0 Å². The quantitative estimate of drug-likeness (QED) is 0.447. The third-order valence-electron chi connectivity index (χ3n) is 3.82. The number of sulfonamides is 1. The molecule has 0 fully saturated rings. The third kappa shape index (κ3) is 3.83. The largest absolute Gasteiger partial charge is 0.279 e. The maximum atomic E-state index is 13.1. The highest BCUT2D eigenvalue weighted by molar-refractivity contribution is 9.10. The number of halogens is 1. The van der Waals surface area contributed by atoms with Crippen LogP contribution in [0.2, 0.25) is 0 Å². The van der Waals surface area contributed by atoms with Crippen molar-refractivity contribution in [3.05, 3.63) is 82.8 Å². The summed E-state index contributed by atoms with van der Waals surface area (Å²) in [4.78, 5) is 0.924. The van der Waals surface area contributed by atoms with Crippen LogP contribution in [-0.4, -0.2) is 18.2 Å². The monoisotopic (exact) mass is 459 g/mol. The Morgan fingerprint density at radius 2 is 1.81 bits per heavy atom. The van der Waals surface area contributed by atoms with Crippen molar-refractivity contribution < 1.29 is 8.42 Å². The summed E-state index contributed by atoms with van der Waals surface area (Å²) in [6.45, 7) is 0. The van der Waals surface area contributed by atoms with Crippen LogP contribution in [0.1, 0.15) is 0 Å². The highest BCUT2D eigenvalue weighted by Crippen LogP contribution is 2.32. The molecule has 8 heteroatoms. The molecule has 136 valence electrons. The zero-order chi connectivity index (χ0) is 18.9. The van der Waals surface area contributed by atoms with E-state index < -0.39 is 10.0 Å². The summed E-state index contributed by atoms with van der Waals surface area (Å²) in [6, 6.07) is 20.2. The van der Waals surface area contributed by atoms with E-state index in [0.29, 0.717) is 11.4 Å². The molecule has 0 bridgehead atoms. The predicted molar refractivity (Wildman–Crippen MR) is 112 cm³/mol. The summed E-state index contributed by atoms with van der Waals surface area (Å²) in [5, 5.41) is 6.44. The fraction of sp³-hybridized carbons (Fsp3) is 0. The highest BCUT2D eigenvalue weighted by atomic mass is 79.9. The van der Waals surface area contributed by atoms with Gasteiger partial charge >= 0.3 is 0 Å². The molecule has 5 nitrogen and oxygen atoms in total. The van der Waals surface area contributed by atoms with Crippen molar-refractivity contribution in [3.63, 3.8) is 0 Å². The molecule has 2 heterocycles. The van der Waals surface area contributed by atoms with Gasteiger partial charge in [-0.25, -0.2) is 13.1 Å². The molecule has 0 saturated heterocycles. The Morgan fingerprint density at radius 1 is 1.00 bits per heavy atom. The lowest BCUT2D eigenvalue weighted by Gasteiger charge is -2.07. The second-order valence-electron chi connectivity index (χ2n) is 5.72. The van der Waals surface area contributed by atoms with Crippen LogP contribution < -0.4 is 4.72 Å². The molecule has 2 aromatic heterocycles. The first kappa shape index (κ1) is 18.0. The van der Waals surface area contributed by atoms with Crippen LogP contribution in [-0.2, 0) is 10.0 Å². The molecule has 0 spiro atoms. The minimum atomic E-state index is -3.82. The van der Waals surface area contributed by atoms with Gasteiger partial charge in [0.2, 0.25) is 0 Å². The Hall–Kier alpha value is -2.42. The van der Waals surface area contributed by atoms with Crippen molar-refractivity contribution in [2.24, 2.45) is 0 Å². The van der Waals surface area contributed by atoms with Gasteiger partial charge in [0.25, 0.3) is 10.0 Å². The summed E-state index contributed by atoms with van der Waals surface area (Å²) in [6.07, 6.45) is 1.55. The second-order valence-corrected chi connectivity index (χ2v) is 9.23. The van der Waals surface area contributed by atoms with Crippen LogP contribution in [0.4, 0.5) is 5.69 Å². The van der Waals surface area contributed by atoms with Crippen LogP contribution in [0.15, 0.2) is 87.7 Å². The Balaban J connectivity index is 1.82. The Kier molecular flexibility index (Phi) is 4.86. The lowest BCUT2D eigenvalue weighted by Crippen LogP contribution is -2.13. The normalized spacial score (nSPS) is 11.4. The molecule has 0 unspecified atom stereocenters. The third-order valence-corrected chi connectivity index (χ3v) is 6.57. The molecule has 0 aliphatic rings. The number of hydrogen-bond acceptors (Lipinski definition) is 4. The van der Waals surface area contributed by atoms with E-state index in [1.54, 1.807) is 29.1 Å². The van der Waals surface area contributed by atoms with E-state index in [1.807, 2.05) is 53.9 Å². The number of anilines is 1. The van der Waals surface area contributed by atoms with E-state index in [9.17, 15) is 8.42 Å². The molecule has 4 aromatic rings. The van der Waals surface area contributed by atoms with Crippen molar-refractivity contribution in [1.29, 1.82) is 0 Å². The summed E-state index contributed by atoms with van der Waals surface area (Å²) in [7, 11) is -3.82. The van der Waals surface area contributed by atoms with Gasteiger partial charge in [-0.1, -0.05) is 46.3 Å². The first-order valence-corrected chi connectivity index (χ1v) is 11.2. The minimum Gasteiger partial charge on any atom is -0.279 e. The van der Waals surface area contributed by atoms with Crippen LogP contribution >= 0.6 is 27.3 Å². The van der Waals surface area contributed by atoms with E-state index in [0.717, 1.165) is 15.0 Å². The fourth-order valence-electron chi connectivity index (χ4n) is 2.61. The maximum absolute atomic E-state index is 13.1. The molecule has 27 heavy (non-hydrogen) atoms. The van der Waals surface area contributed by atoms with Gasteiger partial charge in [-0.2, -0.15) is 5.10 Å². The van der Waals surface area contributed by atoms with Crippen molar-refractivity contribution in [2.75, 3.05) is 4.72 Å². The minimum absolute atomic E-state index is 0.133. The van der Waals surface area contributed by atoms with Crippen molar-refractivity contribution in [1.82, 2.24) is 9.78 Å². The predicted octanol–water partition coefficient (Wildman–Crippen LogP) is 5.16. The topological polar surface area (TPSA) is 64.0 Å². The number of benzene rings is 2. The van der Waals surface area contributed by atoms with Crippen LogP contribution in [0.3, 0.4) is 0 Å². The smallest absolute Gasteiger partial charge is 0.265 e. The Bertz CT molecular complexity index is 1170. The zero-order valence-electron chi connectivity index (χ0n) is 13.9. The number of thiophene rings is 1. The number of aromatic nitrogens is 2. The Morgan fingerprint density at radius 3 is 2.52 bits per heavy atom. The SMILES string of the molecule is O=S(=O)(Nc1cccc(Br)c1)c1cn(-c2ccccc2)nc1-c1cccs1. The second kappa shape index (κ2) is 7.30. The Labute approximate surface area is 169 Å². The lowest BCUT2D eigenvalue weighted by atomic mass is 10.3. The lowest BCUT2D eigenvalue weighted by molar-refractivity contribution is 0.601. The van der Waals surface area contributed by atoms with Crippen LogP contribution in [0.25, 0.3) is 16.3 Å². The molecule has 0 amide bonds. The summed E-state index contributed by atoms with van der Waals surface area (Å²) in [5.41, 5.74) is 1.70. The molecular weight excluding hydrogens is 446 g/mol. The van der Waals surface area contributed by atoms with E-state index >= 15 is 0 Å². The van der Waals surface area contributed by atoms with Gasteiger partial charge in [-0.05, 0) is 41.8 Å². The molecule has 0 radical (unpaired) electrons. The number of para-hydroxylation sites is 1. The van der Waals surface area contributed by atoms with E-state index in [1.165, 1.54) is 11.3 Å². The average molecular weight is 460 g/mol. The maximum Gasteiger partial charge on any atom is 0.265 e. The van der Waals surface area contributed by atoms with Gasteiger partial charge in [-0.3, -0.25) is 4.72 Å². The number of hydrogen-bond donors (Lipinski definition) is 1. The number of nitrogens with one attached hydrogen (secondary N) is 1. The molecule has 0 aliphatic heterocycles. The van der Waals surface area contributed by atoms with Crippen molar-refractivity contribution in [3.8, 4) is 16.3 Å². The molecular formula is C19H14BrN3O2S2. The first-order valence-electron chi connectivity index (χ1n) is 8.00. The van der Waals surface area contributed by atoms with Gasteiger partial charge in [0.1, 0.15) is 10.6 Å². The number of nitrogens with zero attached hydrogens (tertiary/aromatic N) is 2. The van der Waals surface area contributed by atoms with Gasteiger partial charge in [-0.15, -0.1) is 11.3 Å². The van der Waals surface area contributed by atoms with Gasteiger partial charge in [0.15, 0.2) is 0 Å². The van der Waals surface area contributed by atoms with Gasteiger partial charge in [0, 0.05) is 10.2 Å². The first-order chi connectivity index (χ1) is 13.0. The molecule has 0 saturated carbocycles. The fourth-order valence-corrected chi connectivity index (χ4v) is 4.99. The molecule has 4 rings (SSSR count). The van der Waals surface area contributed by atoms with Gasteiger partial charge in [0.05, 0.1) is 16.8 Å². The highest BCUT2D eigenvalue weighted by Gasteiger charge is 2.25. The van der Waals surface area contributed by atoms with Crippen molar-refractivity contribution >= 4 is 43.0 Å². The molecule has 2 aromatic carbocycles.